The molecule has 0 atom stereocenters. The van der Waals surface area contributed by atoms with Crippen molar-refractivity contribution in [3.05, 3.63) is 51.0 Å². The van der Waals surface area contributed by atoms with E-state index in [1.54, 1.807) is 0 Å². The quantitative estimate of drug-likeness (QED) is 0.706. The van der Waals surface area contributed by atoms with Gasteiger partial charge in [-0.1, -0.05) is 34.8 Å². The zero-order chi connectivity index (χ0) is 18.1. The molecule has 0 heterocycles. The van der Waals surface area contributed by atoms with E-state index in [0.29, 0.717) is 10.6 Å². The molecule has 2 rings (SSSR count). The number of hydrogen-bond donors (Lipinski definition) is 1. The molecule has 9 heteroatoms. The van der Waals surface area contributed by atoms with Gasteiger partial charge in [0.25, 0.3) is 0 Å². The second kappa shape index (κ2) is 7.19. The van der Waals surface area contributed by atoms with Gasteiger partial charge >= 0.3 is 0 Å². The monoisotopic (exact) mass is 407 g/mol. The van der Waals surface area contributed by atoms with Crippen LogP contribution in [0, 0.1) is 0 Å². The van der Waals surface area contributed by atoms with Crippen LogP contribution in [0.5, 0.6) is 11.5 Å². The van der Waals surface area contributed by atoms with E-state index < -0.39 is 10.0 Å². The predicted octanol–water partition coefficient (Wildman–Crippen LogP) is 5.01. The number of ether oxygens (including phenoxy) is 1. The van der Waals surface area contributed by atoms with Crippen molar-refractivity contribution < 1.29 is 17.9 Å². The van der Waals surface area contributed by atoms with Gasteiger partial charge in [-0.25, -0.2) is 8.42 Å². The predicted molar refractivity (Wildman–Crippen MR) is 96.5 cm³/mol. The van der Waals surface area contributed by atoms with Gasteiger partial charge in [-0.15, -0.1) is 0 Å². The van der Waals surface area contributed by atoms with Crippen molar-refractivity contribution in [2.24, 2.45) is 0 Å². The fourth-order valence-electron chi connectivity index (χ4n) is 1.85. The lowest BCUT2D eigenvalue weighted by Crippen LogP contribution is -2.11. The van der Waals surface area contributed by atoms with Crippen LogP contribution in [0.1, 0.15) is 17.3 Å². The largest absolute Gasteiger partial charge is 0.452 e. The Morgan fingerprint density at radius 3 is 2.17 bits per heavy atom. The molecule has 0 amide bonds. The summed E-state index contributed by atoms with van der Waals surface area (Å²) >= 11 is 18.0. The van der Waals surface area contributed by atoms with Crippen LogP contribution in [0.3, 0.4) is 0 Å². The zero-order valence-electron chi connectivity index (χ0n) is 12.6. The molecule has 5 nitrogen and oxygen atoms in total. The van der Waals surface area contributed by atoms with Crippen LogP contribution >= 0.6 is 34.8 Å². The van der Waals surface area contributed by atoms with Crippen LogP contribution in [-0.2, 0) is 10.0 Å². The summed E-state index contributed by atoms with van der Waals surface area (Å²) in [6.45, 7) is 1.38. The summed E-state index contributed by atoms with van der Waals surface area (Å²) in [6.07, 6.45) is 0.998. The molecule has 0 bridgehead atoms. The number of sulfonamides is 1. The van der Waals surface area contributed by atoms with Gasteiger partial charge in [0.2, 0.25) is 10.0 Å². The maximum atomic E-state index is 11.6. The molecule has 0 radical (unpaired) electrons. The molecule has 0 aliphatic carbocycles. The first-order valence-corrected chi connectivity index (χ1v) is 9.54. The summed E-state index contributed by atoms with van der Waals surface area (Å²) in [6, 6.07) is 7.17. The van der Waals surface area contributed by atoms with Gasteiger partial charge < -0.3 is 4.74 Å². The Morgan fingerprint density at radius 2 is 1.67 bits per heavy atom. The van der Waals surface area contributed by atoms with E-state index in [1.165, 1.54) is 37.3 Å². The number of nitrogens with one attached hydrogen (secondary N) is 1. The SMILES string of the molecule is CC(=O)c1ccc(NS(C)(=O)=O)c(Oc2c(Cl)cc(Cl)cc2Cl)c1. The number of carbonyl (C=O) groups excluding carboxylic acids is 1. The van der Waals surface area contributed by atoms with E-state index in [9.17, 15) is 13.2 Å². The molecule has 0 aliphatic rings. The fraction of sp³-hybridized carbons (Fsp3) is 0.133. The van der Waals surface area contributed by atoms with Gasteiger partial charge in [0.1, 0.15) is 0 Å². The Balaban J connectivity index is 2.54. The third-order valence-corrected chi connectivity index (χ3v) is 4.23. The summed E-state index contributed by atoms with van der Waals surface area (Å²) in [5, 5.41) is 0.612. The molecular formula is C15H12Cl3NO4S. The van der Waals surface area contributed by atoms with Crippen molar-refractivity contribution in [2.75, 3.05) is 11.0 Å². The molecule has 0 aliphatic heterocycles. The third-order valence-electron chi connectivity index (χ3n) is 2.86. The van der Waals surface area contributed by atoms with E-state index in [0.717, 1.165) is 6.26 Å². The number of benzene rings is 2. The number of rotatable bonds is 5. The highest BCUT2D eigenvalue weighted by Crippen LogP contribution is 2.41. The van der Waals surface area contributed by atoms with Crippen LogP contribution in [0.4, 0.5) is 5.69 Å². The van der Waals surface area contributed by atoms with Crippen LogP contribution < -0.4 is 9.46 Å². The van der Waals surface area contributed by atoms with Crippen molar-refractivity contribution in [2.45, 2.75) is 6.92 Å². The Kier molecular flexibility index (Phi) is 5.65. The smallest absolute Gasteiger partial charge is 0.229 e. The highest BCUT2D eigenvalue weighted by molar-refractivity contribution is 7.92. The van der Waals surface area contributed by atoms with Crippen molar-refractivity contribution in [1.29, 1.82) is 0 Å². The number of carbonyl (C=O) groups is 1. The molecule has 0 aromatic heterocycles. The number of ketones is 1. The van der Waals surface area contributed by atoms with E-state index in [4.69, 9.17) is 39.5 Å². The lowest BCUT2D eigenvalue weighted by Gasteiger charge is -2.15. The van der Waals surface area contributed by atoms with Crippen LogP contribution in [0.15, 0.2) is 30.3 Å². The van der Waals surface area contributed by atoms with E-state index in [1.807, 2.05) is 0 Å². The minimum absolute atomic E-state index is 0.0826. The standard InChI is InChI=1S/C15H12Cl3NO4S/c1-8(20)9-3-4-13(19-24(2,21)22)14(5-9)23-15-11(17)6-10(16)7-12(15)18/h3-7,19H,1-2H3. The Morgan fingerprint density at radius 1 is 1.08 bits per heavy atom. The van der Waals surface area contributed by atoms with E-state index in [-0.39, 0.29) is 33.0 Å². The average molecular weight is 409 g/mol. The lowest BCUT2D eigenvalue weighted by atomic mass is 10.1. The molecular weight excluding hydrogens is 397 g/mol. The van der Waals surface area contributed by atoms with E-state index >= 15 is 0 Å². The summed E-state index contributed by atoms with van der Waals surface area (Å²) in [5.74, 6) is -0.0294. The molecule has 128 valence electrons. The fourth-order valence-corrected chi connectivity index (χ4v) is 3.31. The summed E-state index contributed by atoms with van der Waals surface area (Å²) < 4.78 is 31.0. The zero-order valence-corrected chi connectivity index (χ0v) is 15.6. The normalized spacial score (nSPS) is 11.2. The molecule has 24 heavy (non-hydrogen) atoms. The summed E-state index contributed by atoms with van der Waals surface area (Å²) in [7, 11) is -3.55. The van der Waals surface area contributed by atoms with Gasteiger partial charge in [-0.2, -0.15) is 0 Å². The molecule has 1 N–H and O–H groups in total. The first-order chi connectivity index (χ1) is 11.1. The maximum Gasteiger partial charge on any atom is 0.229 e. The van der Waals surface area contributed by atoms with Gasteiger partial charge in [0.05, 0.1) is 22.0 Å². The van der Waals surface area contributed by atoms with Gasteiger partial charge in [0.15, 0.2) is 17.3 Å². The van der Waals surface area contributed by atoms with Crippen LogP contribution in [0.25, 0.3) is 0 Å². The molecule has 2 aromatic rings. The minimum atomic E-state index is -3.55. The topological polar surface area (TPSA) is 72.5 Å². The molecule has 0 spiro atoms. The second-order valence-electron chi connectivity index (χ2n) is 4.94. The Hall–Kier alpha value is -1.47. The first kappa shape index (κ1) is 18.9. The van der Waals surface area contributed by atoms with Gasteiger partial charge in [-0.3, -0.25) is 9.52 Å². The molecule has 2 aromatic carbocycles. The highest BCUT2D eigenvalue weighted by atomic mass is 35.5. The Bertz CT molecular complexity index is 890. The molecule has 0 unspecified atom stereocenters. The van der Waals surface area contributed by atoms with Crippen molar-refractivity contribution in [3.63, 3.8) is 0 Å². The van der Waals surface area contributed by atoms with Gasteiger partial charge in [-0.05, 0) is 37.3 Å². The third kappa shape index (κ3) is 4.77. The van der Waals surface area contributed by atoms with Crippen molar-refractivity contribution >= 4 is 56.3 Å². The van der Waals surface area contributed by atoms with Crippen molar-refractivity contribution in [3.8, 4) is 11.5 Å². The Labute approximate surface area is 154 Å². The number of anilines is 1. The maximum absolute atomic E-state index is 11.6. The second-order valence-corrected chi connectivity index (χ2v) is 7.94. The van der Waals surface area contributed by atoms with Gasteiger partial charge in [0, 0.05) is 10.6 Å². The van der Waals surface area contributed by atoms with E-state index in [2.05, 4.69) is 4.72 Å². The number of Topliss-reactive ketones (excluding diaryl/α,β-unsaturated/α-hetero) is 1. The molecule has 0 fully saturated rings. The first-order valence-electron chi connectivity index (χ1n) is 6.52. The molecule has 0 saturated carbocycles. The minimum Gasteiger partial charge on any atom is -0.452 e. The van der Waals surface area contributed by atoms with Crippen LogP contribution in [-0.4, -0.2) is 20.5 Å². The van der Waals surface area contributed by atoms with Crippen molar-refractivity contribution in [1.82, 2.24) is 0 Å². The highest BCUT2D eigenvalue weighted by Gasteiger charge is 2.16. The summed E-state index contributed by atoms with van der Waals surface area (Å²) in [4.78, 5) is 11.6. The lowest BCUT2D eigenvalue weighted by molar-refractivity contribution is 0.101. The number of hydrogen-bond acceptors (Lipinski definition) is 4. The summed E-state index contributed by atoms with van der Waals surface area (Å²) in [5.41, 5.74) is 0.481. The number of halogens is 3. The average Bonchev–Trinajstić information content (AvgIpc) is 2.42. The van der Waals surface area contributed by atoms with Crippen LogP contribution in [0.2, 0.25) is 15.1 Å². The molecule has 0 saturated heterocycles.